The highest BCUT2D eigenvalue weighted by Crippen LogP contribution is 2.35. The van der Waals surface area contributed by atoms with Gasteiger partial charge in [0.25, 0.3) is 0 Å². The lowest BCUT2D eigenvalue weighted by molar-refractivity contribution is -0.0441. The maximum atomic E-state index is 5.59. The molecule has 0 aliphatic carbocycles. The highest BCUT2D eigenvalue weighted by Gasteiger charge is 2.20. The normalized spacial score (nSPS) is 15.2. The van der Waals surface area contributed by atoms with Gasteiger partial charge in [-0.05, 0) is 37.4 Å². The number of hydrogen-bond acceptors (Lipinski definition) is 3. The first-order valence-electron chi connectivity index (χ1n) is 8.84. The van der Waals surface area contributed by atoms with Gasteiger partial charge in [0, 0.05) is 28.4 Å². The Morgan fingerprint density at radius 1 is 0.840 bits per heavy atom. The van der Waals surface area contributed by atoms with Gasteiger partial charge in [0.1, 0.15) is 0 Å². The van der Waals surface area contributed by atoms with Crippen LogP contribution in [0.1, 0.15) is 25.7 Å². The predicted octanol–water partition coefficient (Wildman–Crippen LogP) is 5.43. The van der Waals surface area contributed by atoms with Gasteiger partial charge < -0.3 is 14.4 Å². The average Bonchev–Trinajstić information content (AvgIpc) is 3.17. The molecule has 0 saturated carbocycles. The smallest absolute Gasteiger partial charge is 0.184 e. The van der Waals surface area contributed by atoms with Crippen LogP contribution in [-0.4, -0.2) is 19.3 Å². The molecule has 0 unspecified atom stereocenters. The van der Waals surface area contributed by atoms with Crippen molar-refractivity contribution in [3.05, 3.63) is 72.3 Å². The summed E-state index contributed by atoms with van der Waals surface area (Å²) < 4.78 is 11.2. The van der Waals surface area contributed by atoms with E-state index in [1.165, 1.54) is 22.1 Å². The third kappa shape index (κ3) is 3.13. The Kier molecular flexibility index (Phi) is 4.43. The van der Waals surface area contributed by atoms with Gasteiger partial charge in [0.05, 0.1) is 13.2 Å². The van der Waals surface area contributed by atoms with Crippen LogP contribution < -0.4 is 4.90 Å². The molecule has 3 nitrogen and oxygen atoms in total. The molecule has 0 radical (unpaired) electrons. The number of rotatable bonds is 4. The molecule has 1 saturated heterocycles. The first kappa shape index (κ1) is 16.1. The fourth-order valence-corrected chi connectivity index (χ4v) is 3.48. The topological polar surface area (TPSA) is 21.7 Å². The zero-order chi connectivity index (χ0) is 17.2. The quantitative estimate of drug-likeness (QED) is 0.635. The third-order valence-electron chi connectivity index (χ3n) is 4.61. The molecule has 0 N–H and O–H groups in total. The molecule has 0 amide bonds. The first-order valence-corrected chi connectivity index (χ1v) is 8.84. The summed E-state index contributed by atoms with van der Waals surface area (Å²) in [6, 6.07) is 23.9. The molecule has 4 rings (SSSR count). The van der Waals surface area contributed by atoms with Gasteiger partial charge in [-0.15, -0.1) is 0 Å². The molecule has 1 heterocycles. The molecular weight excluding hydrogens is 310 g/mol. The zero-order valence-electron chi connectivity index (χ0n) is 14.7. The van der Waals surface area contributed by atoms with Gasteiger partial charge >= 0.3 is 0 Å². The van der Waals surface area contributed by atoms with E-state index in [0.717, 1.165) is 5.56 Å². The molecule has 0 atom stereocenters. The lowest BCUT2D eigenvalue weighted by atomic mass is 10.1. The molecule has 1 aliphatic heterocycles. The molecule has 3 heteroatoms. The Bertz CT molecular complexity index is 846. The van der Waals surface area contributed by atoms with Gasteiger partial charge in [-0.2, -0.15) is 0 Å². The van der Waals surface area contributed by atoms with Crippen LogP contribution in [0.2, 0.25) is 0 Å². The maximum absolute atomic E-state index is 5.59. The molecule has 1 fully saturated rings. The van der Waals surface area contributed by atoms with Crippen LogP contribution >= 0.6 is 0 Å². The van der Waals surface area contributed by atoms with Crippen LogP contribution in [0.5, 0.6) is 0 Å². The molecule has 3 aromatic rings. The third-order valence-corrected chi connectivity index (χ3v) is 4.61. The van der Waals surface area contributed by atoms with Crippen molar-refractivity contribution < 1.29 is 9.47 Å². The van der Waals surface area contributed by atoms with Crippen LogP contribution in [0.25, 0.3) is 10.8 Å². The van der Waals surface area contributed by atoms with E-state index in [1.54, 1.807) is 0 Å². The van der Waals surface area contributed by atoms with Crippen molar-refractivity contribution in [2.75, 3.05) is 18.1 Å². The number of hydrogen-bond donors (Lipinski definition) is 0. The van der Waals surface area contributed by atoms with Gasteiger partial charge in [0.2, 0.25) is 0 Å². The van der Waals surface area contributed by atoms with E-state index in [4.69, 9.17) is 9.47 Å². The SMILES string of the molecule is CC(C)N(c1ccc(C2OCCO2)cc1)c1cccc2ccccc12. The summed E-state index contributed by atoms with van der Waals surface area (Å²) in [6.07, 6.45) is -0.223. The van der Waals surface area contributed by atoms with Crippen molar-refractivity contribution in [2.45, 2.75) is 26.2 Å². The van der Waals surface area contributed by atoms with Crippen molar-refractivity contribution in [3.63, 3.8) is 0 Å². The number of anilines is 2. The Morgan fingerprint density at radius 2 is 1.52 bits per heavy atom. The average molecular weight is 333 g/mol. The second kappa shape index (κ2) is 6.87. The molecule has 3 aromatic carbocycles. The number of ether oxygens (including phenoxy) is 2. The number of benzene rings is 3. The maximum Gasteiger partial charge on any atom is 0.184 e. The Morgan fingerprint density at radius 3 is 2.24 bits per heavy atom. The summed E-state index contributed by atoms with van der Waals surface area (Å²) in [5, 5.41) is 2.53. The summed E-state index contributed by atoms with van der Waals surface area (Å²) >= 11 is 0. The Balaban J connectivity index is 1.74. The molecule has 25 heavy (non-hydrogen) atoms. The minimum atomic E-state index is -0.223. The van der Waals surface area contributed by atoms with E-state index < -0.39 is 0 Å². The number of fused-ring (bicyclic) bond motifs is 1. The largest absolute Gasteiger partial charge is 0.346 e. The molecule has 0 aromatic heterocycles. The monoisotopic (exact) mass is 333 g/mol. The fraction of sp³-hybridized carbons (Fsp3) is 0.273. The molecular formula is C22H23NO2. The first-order chi connectivity index (χ1) is 12.2. The highest BCUT2D eigenvalue weighted by atomic mass is 16.7. The summed E-state index contributed by atoms with van der Waals surface area (Å²) in [7, 11) is 0. The highest BCUT2D eigenvalue weighted by molar-refractivity contribution is 5.96. The fourth-order valence-electron chi connectivity index (χ4n) is 3.48. The second-order valence-electron chi connectivity index (χ2n) is 6.63. The summed E-state index contributed by atoms with van der Waals surface area (Å²) in [4.78, 5) is 2.38. The van der Waals surface area contributed by atoms with E-state index in [1.807, 2.05) is 0 Å². The van der Waals surface area contributed by atoms with Crippen LogP contribution in [0, 0.1) is 0 Å². The van der Waals surface area contributed by atoms with Crippen LogP contribution in [0.15, 0.2) is 66.7 Å². The van der Waals surface area contributed by atoms with Crippen LogP contribution in [0.4, 0.5) is 11.4 Å². The zero-order valence-corrected chi connectivity index (χ0v) is 14.7. The van der Waals surface area contributed by atoms with E-state index in [-0.39, 0.29) is 6.29 Å². The molecule has 1 aliphatic rings. The van der Waals surface area contributed by atoms with E-state index in [0.29, 0.717) is 19.3 Å². The Hall–Kier alpha value is -2.36. The molecule has 128 valence electrons. The van der Waals surface area contributed by atoms with Gasteiger partial charge in [0.15, 0.2) is 6.29 Å². The van der Waals surface area contributed by atoms with Crippen LogP contribution in [0.3, 0.4) is 0 Å². The van der Waals surface area contributed by atoms with Crippen molar-refractivity contribution >= 4 is 22.1 Å². The lowest BCUT2D eigenvalue weighted by Gasteiger charge is -2.30. The van der Waals surface area contributed by atoms with Crippen molar-refractivity contribution in [3.8, 4) is 0 Å². The lowest BCUT2D eigenvalue weighted by Crippen LogP contribution is -2.25. The standard InChI is InChI=1S/C22H23NO2/c1-16(2)23(21-9-5-7-17-6-3-4-8-20(17)21)19-12-10-18(11-13-19)22-24-14-15-25-22/h3-13,16,22H,14-15H2,1-2H3. The van der Waals surface area contributed by atoms with E-state index in [2.05, 4.69) is 85.5 Å². The summed E-state index contributed by atoms with van der Waals surface area (Å²) in [5.41, 5.74) is 3.48. The van der Waals surface area contributed by atoms with Crippen molar-refractivity contribution in [2.24, 2.45) is 0 Å². The number of nitrogens with zero attached hydrogens (tertiary/aromatic N) is 1. The van der Waals surface area contributed by atoms with Gasteiger partial charge in [-0.25, -0.2) is 0 Å². The van der Waals surface area contributed by atoms with Gasteiger partial charge in [-0.1, -0.05) is 48.5 Å². The van der Waals surface area contributed by atoms with Crippen molar-refractivity contribution in [1.82, 2.24) is 0 Å². The predicted molar refractivity (Wildman–Crippen MR) is 102 cm³/mol. The molecule has 0 bridgehead atoms. The summed E-state index contributed by atoms with van der Waals surface area (Å²) in [5.74, 6) is 0. The van der Waals surface area contributed by atoms with E-state index >= 15 is 0 Å². The van der Waals surface area contributed by atoms with E-state index in [9.17, 15) is 0 Å². The van der Waals surface area contributed by atoms with Gasteiger partial charge in [-0.3, -0.25) is 0 Å². The second-order valence-corrected chi connectivity index (χ2v) is 6.63. The minimum Gasteiger partial charge on any atom is -0.346 e. The van der Waals surface area contributed by atoms with Crippen LogP contribution in [-0.2, 0) is 9.47 Å². The Labute approximate surface area is 148 Å². The van der Waals surface area contributed by atoms with Crippen molar-refractivity contribution in [1.29, 1.82) is 0 Å². The summed E-state index contributed by atoms with van der Waals surface area (Å²) in [6.45, 7) is 5.78. The molecule has 0 spiro atoms. The minimum absolute atomic E-state index is 0.223.